The number of benzene rings is 1. The number of likely N-dealkylation sites (tertiary alicyclic amines) is 1. The smallest absolute Gasteiger partial charge is 0.272 e. The van der Waals surface area contributed by atoms with Crippen molar-refractivity contribution in [3.8, 4) is 0 Å². The van der Waals surface area contributed by atoms with Gasteiger partial charge in [-0.15, -0.1) is 0 Å². The topological polar surface area (TPSA) is 109 Å². The van der Waals surface area contributed by atoms with E-state index < -0.39 is 0 Å². The summed E-state index contributed by atoms with van der Waals surface area (Å²) in [7, 11) is 0. The summed E-state index contributed by atoms with van der Waals surface area (Å²) in [4.78, 5) is 36.9. The Morgan fingerprint density at radius 3 is 2.73 bits per heavy atom. The molecule has 0 spiro atoms. The fraction of sp³-hybridized carbons (Fsp3) is 0.333. The van der Waals surface area contributed by atoms with Crippen LogP contribution in [0.2, 0.25) is 0 Å². The number of nitrogens with zero attached hydrogens (tertiary/aromatic N) is 2. The Kier molecular flexibility index (Phi) is 3.62. The summed E-state index contributed by atoms with van der Waals surface area (Å²) in [5, 5.41) is 7.59. The van der Waals surface area contributed by atoms with E-state index in [9.17, 15) is 14.4 Å². The molecule has 3 N–H and O–H groups in total. The molecule has 1 fully saturated rings. The molecule has 1 aromatic heterocycles. The van der Waals surface area contributed by atoms with Crippen LogP contribution in [0.4, 0.5) is 0 Å². The molecule has 22 heavy (non-hydrogen) atoms. The Balaban J connectivity index is 1.82. The fourth-order valence-corrected chi connectivity index (χ4v) is 2.78. The van der Waals surface area contributed by atoms with Gasteiger partial charge in [0.2, 0.25) is 11.8 Å². The molecule has 1 aliphatic heterocycles. The number of aromatic nitrogens is 2. The highest BCUT2D eigenvalue weighted by Gasteiger charge is 2.29. The minimum Gasteiger partial charge on any atom is -0.369 e. The van der Waals surface area contributed by atoms with Gasteiger partial charge >= 0.3 is 0 Å². The Labute approximate surface area is 126 Å². The standard InChI is InChI=1S/C15H16N4O3/c16-14(21)9-5-6-19(8-9)13(20)7-12-10-3-1-2-4-11(10)15(22)18-17-12/h1-4,9H,5-8H2,(H2,16,21)(H,18,22)/t9-/m1/s1. The van der Waals surface area contributed by atoms with Gasteiger partial charge in [0.05, 0.1) is 23.4 Å². The van der Waals surface area contributed by atoms with E-state index in [4.69, 9.17) is 5.73 Å². The van der Waals surface area contributed by atoms with Crippen LogP contribution in [-0.2, 0) is 16.0 Å². The van der Waals surface area contributed by atoms with Crippen LogP contribution < -0.4 is 11.3 Å². The lowest BCUT2D eigenvalue weighted by atomic mass is 10.1. The van der Waals surface area contributed by atoms with Crippen molar-refractivity contribution >= 4 is 22.6 Å². The molecule has 3 rings (SSSR count). The maximum atomic E-state index is 12.4. The number of carbonyl (C=O) groups excluding carboxylic acids is 2. The number of amides is 2. The van der Waals surface area contributed by atoms with Crippen molar-refractivity contribution in [1.29, 1.82) is 0 Å². The number of nitrogens with one attached hydrogen (secondary N) is 1. The summed E-state index contributed by atoms with van der Waals surface area (Å²) in [6.07, 6.45) is 0.684. The average Bonchev–Trinajstić information content (AvgIpc) is 3.01. The molecule has 0 unspecified atom stereocenters. The van der Waals surface area contributed by atoms with Crippen LogP contribution in [0.15, 0.2) is 29.1 Å². The molecule has 1 aromatic carbocycles. The van der Waals surface area contributed by atoms with Crippen LogP contribution in [0.1, 0.15) is 12.1 Å². The number of H-pyrrole nitrogens is 1. The third-order valence-electron chi connectivity index (χ3n) is 4.04. The zero-order valence-electron chi connectivity index (χ0n) is 11.9. The normalized spacial score (nSPS) is 17.8. The predicted molar refractivity (Wildman–Crippen MR) is 79.9 cm³/mol. The van der Waals surface area contributed by atoms with E-state index in [0.29, 0.717) is 36.0 Å². The van der Waals surface area contributed by atoms with Crippen molar-refractivity contribution in [1.82, 2.24) is 15.1 Å². The molecule has 1 atom stereocenters. The summed E-state index contributed by atoms with van der Waals surface area (Å²) in [5.41, 5.74) is 5.53. The molecule has 0 aliphatic carbocycles. The van der Waals surface area contributed by atoms with Gasteiger partial charge in [-0.05, 0) is 12.5 Å². The van der Waals surface area contributed by atoms with Gasteiger partial charge in [-0.3, -0.25) is 14.4 Å². The number of hydrogen-bond donors (Lipinski definition) is 2. The Morgan fingerprint density at radius 1 is 1.32 bits per heavy atom. The number of aromatic amines is 1. The summed E-state index contributed by atoms with van der Waals surface area (Å²) < 4.78 is 0. The molecular weight excluding hydrogens is 284 g/mol. The van der Waals surface area contributed by atoms with Gasteiger partial charge in [0.15, 0.2) is 0 Å². The third kappa shape index (κ3) is 2.57. The molecule has 114 valence electrons. The van der Waals surface area contributed by atoms with Gasteiger partial charge in [0.1, 0.15) is 0 Å². The minimum absolute atomic E-state index is 0.0861. The minimum atomic E-state index is -0.372. The lowest BCUT2D eigenvalue weighted by molar-refractivity contribution is -0.129. The summed E-state index contributed by atoms with van der Waals surface area (Å²) in [5.74, 6) is -0.763. The predicted octanol–water partition coefficient (Wildman–Crippen LogP) is -0.201. The molecule has 1 saturated heterocycles. The first-order valence-corrected chi connectivity index (χ1v) is 7.09. The quantitative estimate of drug-likeness (QED) is 0.818. The highest BCUT2D eigenvalue weighted by Crippen LogP contribution is 2.18. The molecule has 7 heteroatoms. The van der Waals surface area contributed by atoms with Gasteiger partial charge in [0, 0.05) is 18.5 Å². The van der Waals surface area contributed by atoms with E-state index in [1.807, 2.05) is 0 Å². The number of fused-ring (bicyclic) bond motifs is 1. The first kappa shape index (κ1) is 14.2. The van der Waals surface area contributed by atoms with Crippen molar-refractivity contribution < 1.29 is 9.59 Å². The second-order valence-electron chi connectivity index (χ2n) is 5.45. The molecule has 2 aromatic rings. The van der Waals surface area contributed by atoms with Gasteiger partial charge in [-0.25, -0.2) is 5.10 Å². The molecule has 1 aliphatic rings. The van der Waals surface area contributed by atoms with E-state index in [1.54, 1.807) is 29.2 Å². The van der Waals surface area contributed by atoms with Crippen molar-refractivity contribution in [2.24, 2.45) is 11.7 Å². The molecule has 2 amide bonds. The second-order valence-corrected chi connectivity index (χ2v) is 5.45. The van der Waals surface area contributed by atoms with E-state index in [0.717, 1.165) is 0 Å². The van der Waals surface area contributed by atoms with Crippen LogP contribution in [0.5, 0.6) is 0 Å². The van der Waals surface area contributed by atoms with Gasteiger partial charge in [-0.1, -0.05) is 18.2 Å². The maximum absolute atomic E-state index is 12.4. The first-order valence-electron chi connectivity index (χ1n) is 7.09. The highest BCUT2D eigenvalue weighted by atomic mass is 16.2. The average molecular weight is 300 g/mol. The molecular formula is C15H16N4O3. The Bertz CT molecular complexity index is 799. The van der Waals surface area contributed by atoms with Gasteiger partial charge < -0.3 is 10.6 Å². The van der Waals surface area contributed by atoms with Crippen LogP contribution in [0.3, 0.4) is 0 Å². The van der Waals surface area contributed by atoms with Crippen LogP contribution in [0, 0.1) is 5.92 Å². The van der Waals surface area contributed by atoms with Gasteiger partial charge in [-0.2, -0.15) is 5.10 Å². The Morgan fingerprint density at radius 2 is 2.05 bits per heavy atom. The van der Waals surface area contributed by atoms with Crippen molar-refractivity contribution in [3.63, 3.8) is 0 Å². The van der Waals surface area contributed by atoms with E-state index >= 15 is 0 Å². The third-order valence-corrected chi connectivity index (χ3v) is 4.04. The number of rotatable bonds is 3. The van der Waals surface area contributed by atoms with E-state index in [-0.39, 0.29) is 29.7 Å². The fourth-order valence-electron chi connectivity index (χ4n) is 2.78. The second kappa shape index (κ2) is 5.59. The van der Waals surface area contributed by atoms with Crippen molar-refractivity contribution in [2.75, 3.05) is 13.1 Å². The van der Waals surface area contributed by atoms with Crippen molar-refractivity contribution in [2.45, 2.75) is 12.8 Å². The summed E-state index contributed by atoms with van der Waals surface area (Å²) in [6.45, 7) is 0.878. The summed E-state index contributed by atoms with van der Waals surface area (Å²) in [6, 6.07) is 7.04. The zero-order chi connectivity index (χ0) is 15.7. The number of nitrogens with two attached hydrogens (primary N) is 1. The molecule has 0 saturated carbocycles. The molecule has 0 radical (unpaired) electrons. The lowest BCUT2D eigenvalue weighted by Crippen LogP contribution is -2.33. The molecule has 7 nitrogen and oxygen atoms in total. The lowest BCUT2D eigenvalue weighted by Gasteiger charge is -2.16. The first-order chi connectivity index (χ1) is 10.6. The van der Waals surface area contributed by atoms with Crippen LogP contribution in [-0.4, -0.2) is 40.0 Å². The van der Waals surface area contributed by atoms with Gasteiger partial charge in [0.25, 0.3) is 5.56 Å². The van der Waals surface area contributed by atoms with E-state index in [2.05, 4.69) is 10.2 Å². The molecule has 2 heterocycles. The number of hydrogen-bond acceptors (Lipinski definition) is 4. The van der Waals surface area contributed by atoms with Crippen LogP contribution in [0.25, 0.3) is 10.8 Å². The zero-order valence-corrected chi connectivity index (χ0v) is 11.9. The number of carbonyl (C=O) groups is 2. The monoisotopic (exact) mass is 300 g/mol. The Hall–Kier alpha value is -2.70. The largest absolute Gasteiger partial charge is 0.369 e. The van der Waals surface area contributed by atoms with Crippen LogP contribution >= 0.6 is 0 Å². The van der Waals surface area contributed by atoms with E-state index in [1.165, 1.54) is 0 Å². The van der Waals surface area contributed by atoms with Crippen molar-refractivity contribution in [3.05, 3.63) is 40.3 Å². The summed E-state index contributed by atoms with van der Waals surface area (Å²) >= 11 is 0. The number of primary amides is 1. The SMILES string of the molecule is NC(=O)[C@@H]1CCN(C(=O)Cc2n[nH]c(=O)c3ccccc23)C1. The molecule has 0 bridgehead atoms. The highest BCUT2D eigenvalue weighted by molar-refractivity contribution is 5.88. The maximum Gasteiger partial charge on any atom is 0.272 e.